The highest BCUT2D eigenvalue weighted by atomic mass is 32.2. The largest absolute Gasteiger partial charge is 0.401 e. The molecule has 2 unspecified atom stereocenters. The Morgan fingerprint density at radius 3 is 2.23 bits per heavy atom. The Morgan fingerprint density at radius 2 is 1.58 bits per heavy atom. The number of hydrogen-bond donors (Lipinski definition) is 0. The van der Waals surface area contributed by atoms with E-state index in [1.807, 2.05) is 30.3 Å². The summed E-state index contributed by atoms with van der Waals surface area (Å²) in [5, 5.41) is 2.32. The second-order valence-electron chi connectivity index (χ2n) is 5.84. The molecule has 3 nitrogen and oxygen atoms in total. The van der Waals surface area contributed by atoms with Crippen LogP contribution in [0.4, 0.5) is 13.2 Å². The van der Waals surface area contributed by atoms with Crippen molar-refractivity contribution in [1.29, 1.82) is 0 Å². The molecule has 1 aliphatic heterocycles. The molecule has 1 aliphatic rings. The second-order valence-corrected chi connectivity index (χ2v) is 7.02. The molecule has 0 amide bonds. The van der Waals surface area contributed by atoms with Gasteiger partial charge in [0.25, 0.3) is 5.89 Å². The third-order valence-corrected chi connectivity index (χ3v) is 5.47. The van der Waals surface area contributed by atoms with Crippen LogP contribution in [0.5, 0.6) is 0 Å². The quantitative estimate of drug-likeness (QED) is 0.603. The number of allylic oxidation sites excluding steroid dienone is 1. The van der Waals surface area contributed by atoms with Gasteiger partial charge in [0.15, 0.2) is 0 Å². The first-order valence-corrected chi connectivity index (χ1v) is 8.80. The SMILES string of the molecule is FC(F)(F)C1SC(c2nc(-c3ccccc3)no2)=CC1c1ccccc1. The van der Waals surface area contributed by atoms with Crippen LogP contribution in [-0.2, 0) is 0 Å². The van der Waals surface area contributed by atoms with E-state index >= 15 is 0 Å². The van der Waals surface area contributed by atoms with Crippen molar-refractivity contribution in [3.63, 3.8) is 0 Å². The minimum Gasteiger partial charge on any atom is -0.333 e. The van der Waals surface area contributed by atoms with Crippen molar-refractivity contribution in [3.8, 4) is 11.4 Å². The van der Waals surface area contributed by atoms with Gasteiger partial charge in [0.1, 0.15) is 5.25 Å². The van der Waals surface area contributed by atoms with Crippen LogP contribution in [0.2, 0.25) is 0 Å². The van der Waals surface area contributed by atoms with Gasteiger partial charge in [-0.3, -0.25) is 0 Å². The Balaban J connectivity index is 1.68. The normalized spacial score (nSPS) is 20.2. The predicted molar refractivity (Wildman–Crippen MR) is 94.3 cm³/mol. The van der Waals surface area contributed by atoms with Crippen LogP contribution in [0.25, 0.3) is 16.3 Å². The van der Waals surface area contributed by atoms with E-state index in [9.17, 15) is 13.2 Å². The fourth-order valence-corrected chi connectivity index (χ4v) is 4.06. The molecule has 1 aromatic heterocycles. The Kier molecular flexibility index (Phi) is 4.32. The number of aromatic nitrogens is 2. The van der Waals surface area contributed by atoms with E-state index in [-0.39, 0.29) is 5.89 Å². The van der Waals surface area contributed by atoms with Crippen molar-refractivity contribution in [2.24, 2.45) is 0 Å². The van der Waals surface area contributed by atoms with E-state index in [0.29, 0.717) is 16.3 Å². The Morgan fingerprint density at radius 1 is 0.923 bits per heavy atom. The lowest BCUT2D eigenvalue weighted by Crippen LogP contribution is -2.28. The van der Waals surface area contributed by atoms with Gasteiger partial charge in [-0.05, 0) is 5.56 Å². The van der Waals surface area contributed by atoms with Crippen molar-refractivity contribution in [3.05, 3.63) is 78.2 Å². The van der Waals surface area contributed by atoms with Gasteiger partial charge in [-0.1, -0.05) is 71.9 Å². The number of thioether (sulfide) groups is 1. The zero-order valence-corrected chi connectivity index (χ0v) is 14.2. The molecular weight excluding hydrogens is 361 g/mol. The average Bonchev–Trinajstić information content (AvgIpc) is 3.30. The highest BCUT2D eigenvalue weighted by molar-refractivity contribution is 8.09. The molecule has 132 valence electrons. The zero-order chi connectivity index (χ0) is 18.1. The highest BCUT2D eigenvalue weighted by Gasteiger charge is 2.49. The van der Waals surface area contributed by atoms with E-state index < -0.39 is 17.3 Å². The molecular formula is C19H13F3N2OS. The smallest absolute Gasteiger partial charge is 0.333 e. The van der Waals surface area contributed by atoms with Gasteiger partial charge in [0.2, 0.25) is 5.82 Å². The van der Waals surface area contributed by atoms with E-state index in [0.717, 1.165) is 17.3 Å². The van der Waals surface area contributed by atoms with Crippen molar-refractivity contribution in [2.45, 2.75) is 17.3 Å². The standard InChI is InChI=1S/C19H13F3N2OS/c20-19(21,22)16-14(12-7-3-1-4-8-12)11-15(26-16)18-23-17(24-25-18)13-9-5-2-6-10-13/h1-11,14,16H. The highest BCUT2D eigenvalue weighted by Crippen LogP contribution is 2.52. The van der Waals surface area contributed by atoms with Crippen LogP contribution in [0.15, 0.2) is 71.3 Å². The van der Waals surface area contributed by atoms with Crippen LogP contribution in [0.1, 0.15) is 17.4 Å². The Bertz CT molecular complexity index is 923. The molecule has 0 N–H and O–H groups in total. The van der Waals surface area contributed by atoms with E-state index in [4.69, 9.17) is 4.52 Å². The minimum atomic E-state index is -4.34. The van der Waals surface area contributed by atoms with Gasteiger partial charge in [0.05, 0.1) is 4.91 Å². The molecule has 0 spiro atoms. The summed E-state index contributed by atoms with van der Waals surface area (Å²) >= 11 is 0.722. The van der Waals surface area contributed by atoms with Gasteiger partial charge in [-0.2, -0.15) is 18.2 Å². The zero-order valence-electron chi connectivity index (χ0n) is 13.4. The molecule has 0 saturated heterocycles. The number of nitrogens with zero attached hydrogens (tertiary/aromatic N) is 2. The molecule has 0 saturated carbocycles. The first-order chi connectivity index (χ1) is 12.5. The molecule has 2 heterocycles. The van der Waals surface area contributed by atoms with Gasteiger partial charge >= 0.3 is 6.18 Å². The summed E-state index contributed by atoms with van der Waals surface area (Å²) in [5.74, 6) is -0.321. The molecule has 2 aromatic carbocycles. The van der Waals surface area contributed by atoms with Gasteiger partial charge < -0.3 is 4.52 Å². The van der Waals surface area contributed by atoms with Crippen LogP contribution < -0.4 is 0 Å². The number of alkyl halides is 3. The van der Waals surface area contributed by atoms with Crippen LogP contribution in [0, 0.1) is 0 Å². The van der Waals surface area contributed by atoms with Crippen LogP contribution >= 0.6 is 11.8 Å². The maximum atomic E-state index is 13.5. The lowest BCUT2D eigenvalue weighted by molar-refractivity contribution is -0.130. The maximum Gasteiger partial charge on any atom is 0.401 e. The van der Waals surface area contributed by atoms with E-state index in [2.05, 4.69) is 10.1 Å². The fraction of sp³-hybridized carbons (Fsp3) is 0.158. The lowest BCUT2D eigenvalue weighted by Gasteiger charge is -2.21. The number of hydrogen-bond acceptors (Lipinski definition) is 4. The van der Waals surface area contributed by atoms with E-state index in [1.165, 1.54) is 0 Å². The summed E-state index contributed by atoms with van der Waals surface area (Å²) in [5.41, 5.74) is 1.36. The molecule has 2 atom stereocenters. The summed E-state index contributed by atoms with van der Waals surface area (Å²) in [6.45, 7) is 0. The van der Waals surface area contributed by atoms with Crippen LogP contribution in [-0.4, -0.2) is 21.6 Å². The molecule has 0 fully saturated rings. The molecule has 26 heavy (non-hydrogen) atoms. The van der Waals surface area contributed by atoms with Gasteiger partial charge in [-0.25, -0.2) is 0 Å². The minimum absolute atomic E-state index is 0.113. The third kappa shape index (κ3) is 3.26. The van der Waals surface area contributed by atoms with Crippen molar-refractivity contribution < 1.29 is 17.7 Å². The first-order valence-electron chi connectivity index (χ1n) is 7.92. The molecule has 3 aromatic rings. The maximum absolute atomic E-state index is 13.5. The number of halogens is 3. The number of rotatable bonds is 3. The van der Waals surface area contributed by atoms with Crippen LogP contribution in [0.3, 0.4) is 0 Å². The number of benzene rings is 2. The fourth-order valence-electron chi connectivity index (χ4n) is 2.87. The summed E-state index contributed by atoms with van der Waals surface area (Å²) < 4.78 is 45.8. The van der Waals surface area contributed by atoms with Crippen molar-refractivity contribution >= 4 is 16.7 Å². The third-order valence-electron chi connectivity index (χ3n) is 4.09. The molecule has 0 aliphatic carbocycles. The lowest BCUT2D eigenvalue weighted by atomic mass is 9.95. The predicted octanol–water partition coefficient (Wildman–Crippen LogP) is 5.54. The van der Waals surface area contributed by atoms with Crippen molar-refractivity contribution in [2.75, 3.05) is 0 Å². The molecule has 0 bridgehead atoms. The summed E-state index contributed by atoms with van der Waals surface area (Å²) in [7, 11) is 0. The summed E-state index contributed by atoms with van der Waals surface area (Å²) in [4.78, 5) is 4.63. The first kappa shape index (κ1) is 16.9. The summed E-state index contributed by atoms with van der Waals surface area (Å²) in [6, 6.07) is 17.8. The van der Waals surface area contributed by atoms with Gasteiger partial charge in [0, 0.05) is 11.5 Å². The molecule has 7 heteroatoms. The summed E-state index contributed by atoms with van der Waals surface area (Å²) in [6.07, 6.45) is -2.77. The van der Waals surface area contributed by atoms with Gasteiger partial charge in [-0.15, -0.1) is 11.8 Å². The monoisotopic (exact) mass is 374 g/mol. The topological polar surface area (TPSA) is 38.9 Å². The second kappa shape index (κ2) is 6.64. The van der Waals surface area contributed by atoms with E-state index in [1.54, 1.807) is 36.4 Å². The average molecular weight is 374 g/mol. The molecule has 0 radical (unpaired) electrons. The Labute approximate surface area is 151 Å². The Hall–Kier alpha value is -2.54. The molecule has 4 rings (SSSR count). The van der Waals surface area contributed by atoms with Crippen molar-refractivity contribution in [1.82, 2.24) is 10.1 Å².